The number of hydrogen-bond acceptors (Lipinski definition) is 1. The van der Waals surface area contributed by atoms with Crippen molar-refractivity contribution in [3.63, 3.8) is 0 Å². The summed E-state index contributed by atoms with van der Waals surface area (Å²) in [6, 6.07) is 10.0. The molecule has 0 fully saturated rings. The predicted octanol–water partition coefficient (Wildman–Crippen LogP) is 2.42. The first-order valence-electron chi connectivity index (χ1n) is 4.50. The minimum absolute atomic E-state index is 0.336. The highest BCUT2D eigenvalue weighted by molar-refractivity contribution is 5.82. The highest BCUT2D eigenvalue weighted by Crippen LogP contribution is 1.97. The lowest BCUT2D eigenvalue weighted by Gasteiger charge is -1.85. The number of primary amides is 1. The number of carbonyl (C=O) groups excluding carboxylic acids is 1. The van der Waals surface area contributed by atoms with Crippen LogP contribution in [0.5, 0.6) is 0 Å². The Bertz CT molecular complexity index is 267. The Morgan fingerprint density at radius 1 is 1.43 bits per heavy atom. The molecule has 14 heavy (non-hydrogen) atoms. The SMILES string of the molecule is C=Cc1ccccc1.CC[CH]C(N)=O. The summed E-state index contributed by atoms with van der Waals surface area (Å²) in [5.74, 6) is -0.336. The Hall–Kier alpha value is -1.57. The van der Waals surface area contributed by atoms with Crippen molar-refractivity contribution in [3.8, 4) is 0 Å². The highest BCUT2D eigenvalue weighted by atomic mass is 16.1. The second kappa shape index (κ2) is 8.05. The van der Waals surface area contributed by atoms with Gasteiger partial charge in [0.1, 0.15) is 0 Å². The van der Waals surface area contributed by atoms with Crippen LogP contribution in [-0.2, 0) is 4.79 Å². The van der Waals surface area contributed by atoms with Crippen LogP contribution in [0.3, 0.4) is 0 Å². The van der Waals surface area contributed by atoms with E-state index in [0.29, 0.717) is 0 Å². The Balaban J connectivity index is 0.000000255. The van der Waals surface area contributed by atoms with Crippen LogP contribution < -0.4 is 5.73 Å². The maximum atomic E-state index is 9.77. The molecular weight excluding hydrogens is 174 g/mol. The molecule has 1 aromatic carbocycles. The maximum absolute atomic E-state index is 9.77. The Kier molecular flexibility index (Phi) is 7.15. The van der Waals surface area contributed by atoms with Gasteiger partial charge in [0.25, 0.3) is 0 Å². The number of amides is 1. The Morgan fingerprint density at radius 2 is 2.00 bits per heavy atom. The molecule has 2 heteroatoms. The van der Waals surface area contributed by atoms with Crippen LogP contribution in [0, 0.1) is 6.42 Å². The molecule has 0 unspecified atom stereocenters. The summed E-state index contributed by atoms with van der Waals surface area (Å²) >= 11 is 0. The molecule has 0 heterocycles. The van der Waals surface area contributed by atoms with Gasteiger partial charge in [-0.15, -0.1) is 0 Å². The van der Waals surface area contributed by atoms with E-state index in [1.54, 1.807) is 0 Å². The molecule has 0 aliphatic rings. The van der Waals surface area contributed by atoms with Gasteiger partial charge >= 0.3 is 0 Å². The molecule has 0 saturated carbocycles. The summed E-state index contributed by atoms with van der Waals surface area (Å²) in [6.45, 7) is 5.50. The number of rotatable bonds is 3. The standard InChI is InChI=1S/C8H8.C4H8NO/c1-2-8-6-4-3-5-7-8;1-2-3-4(5)6/h2-7H,1H2;3H,2H2,1H3,(H2,5,6). The summed E-state index contributed by atoms with van der Waals surface area (Å²) in [6.07, 6.45) is 4.00. The smallest absolute Gasteiger partial charge is 0.221 e. The van der Waals surface area contributed by atoms with E-state index in [1.807, 2.05) is 43.3 Å². The highest BCUT2D eigenvalue weighted by Gasteiger charge is 1.85. The first-order valence-corrected chi connectivity index (χ1v) is 4.50. The molecular formula is C12H16NO. The third kappa shape index (κ3) is 7.10. The average molecular weight is 190 g/mol. The second-order valence-electron chi connectivity index (χ2n) is 2.63. The second-order valence-corrected chi connectivity index (χ2v) is 2.63. The van der Waals surface area contributed by atoms with Crippen LogP contribution in [0.2, 0.25) is 0 Å². The summed E-state index contributed by atoms with van der Waals surface area (Å²) < 4.78 is 0. The quantitative estimate of drug-likeness (QED) is 0.781. The zero-order valence-electron chi connectivity index (χ0n) is 8.44. The van der Waals surface area contributed by atoms with E-state index in [1.165, 1.54) is 12.0 Å². The van der Waals surface area contributed by atoms with Crippen molar-refractivity contribution in [2.75, 3.05) is 0 Å². The number of nitrogens with two attached hydrogens (primary N) is 1. The minimum atomic E-state index is -0.336. The Morgan fingerprint density at radius 3 is 2.21 bits per heavy atom. The normalized spacial score (nSPS) is 8.36. The molecule has 1 aromatic rings. The van der Waals surface area contributed by atoms with Gasteiger partial charge < -0.3 is 5.73 Å². The third-order valence-electron chi connectivity index (χ3n) is 1.44. The van der Waals surface area contributed by atoms with Crippen LogP contribution in [-0.4, -0.2) is 5.91 Å². The van der Waals surface area contributed by atoms with Gasteiger partial charge in [0, 0.05) is 6.42 Å². The largest absolute Gasteiger partial charge is 0.369 e. The van der Waals surface area contributed by atoms with Crippen molar-refractivity contribution in [3.05, 3.63) is 48.9 Å². The third-order valence-corrected chi connectivity index (χ3v) is 1.44. The lowest BCUT2D eigenvalue weighted by atomic mass is 10.2. The summed E-state index contributed by atoms with van der Waals surface area (Å²) in [5.41, 5.74) is 5.88. The molecule has 0 aliphatic carbocycles. The topological polar surface area (TPSA) is 43.1 Å². The van der Waals surface area contributed by atoms with E-state index in [9.17, 15) is 4.79 Å². The van der Waals surface area contributed by atoms with E-state index in [4.69, 9.17) is 5.73 Å². The zero-order chi connectivity index (χ0) is 10.8. The van der Waals surface area contributed by atoms with Crippen LogP contribution in [0.15, 0.2) is 36.9 Å². The summed E-state index contributed by atoms with van der Waals surface area (Å²) in [5, 5.41) is 0. The van der Waals surface area contributed by atoms with Crippen molar-refractivity contribution in [2.24, 2.45) is 5.73 Å². The van der Waals surface area contributed by atoms with Gasteiger partial charge in [0.15, 0.2) is 0 Å². The predicted molar refractivity (Wildman–Crippen MR) is 60.3 cm³/mol. The molecule has 0 aliphatic heterocycles. The summed E-state index contributed by atoms with van der Waals surface area (Å²) in [7, 11) is 0. The number of benzene rings is 1. The van der Waals surface area contributed by atoms with Gasteiger partial charge in [-0.05, 0) is 12.0 Å². The van der Waals surface area contributed by atoms with Crippen molar-refractivity contribution < 1.29 is 4.79 Å². The van der Waals surface area contributed by atoms with Gasteiger partial charge in [0.2, 0.25) is 5.91 Å². The van der Waals surface area contributed by atoms with Crippen molar-refractivity contribution >= 4 is 12.0 Å². The molecule has 2 N–H and O–H groups in total. The van der Waals surface area contributed by atoms with E-state index < -0.39 is 0 Å². The maximum Gasteiger partial charge on any atom is 0.221 e. The fourth-order valence-electron chi connectivity index (χ4n) is 0.790. The molecule has 1 amide bonds. The minimum Gasteiger partial charge on any atom is -0.369 e. The molecule has 0 aromatic heterocycles. The zero-order valence-corrected chi connectivity index (χ0v) is 8.44. The molecule has 0 bridgehead atoms. The lowest BCUT2D eigenvalue weighted by Crippen LogP contribution is -2.09. The van der Waals surface area contributed by atoms with Gasteiger partial charge in [-0.2, -0.15) is 0 Å². The Labute approximate surface area is 85.4 Å². The van der Waals surface area contributed by atoms with E-state index in [2.05, 4.69) is 6.58 Å². The van der Waals surface area contributed by atoms with Crippen molar-refractivity contribution in [1.82, 2.24) is 0 Å². The molecule has 1 radical (unpaired) electrons. The first kappa shape index (κ1) is 12.4. The van der Waals surface area contributed by atoms with Gasteiger partial charge in [-0.25, -0.2) is 0 Å². The first-order chi connectivity index (χ1) is 6.70. The van der Waals surface area contributed by atoms with Crippen LogP contribution in [0.25, 0.3) is 6.08 Å². The van der Waals surface area contributed by atoms with Crippen molar-refractivity contribution in [1.29, 1.82) is 0 Å². The van der Waals surface area contributed by atoms with Gasteiger partial charge in [0.05, 0.1) is 0 Å². The van der Waals surface area contributed by atoms with E-state index >= 15 is 0 Å². The fourth-order valence-corrected chi connectivity index (χ4v) is 0.790. The van der Waals surface area contributed by atoms with Crippen LogP contribution >= 0.6 is 0 Å². The molecule has 0 spiro atoms. The summed E-state index contributed by atoms with van der Waals surface area (Å²) in [4.78, 5) is 9.77. The van der Waals surface area contributed by atoms with Gasteiger partial charge in [-0.1, -0.05) is 49.9 Å². The molecule has 2 nitrogen and oxygen atoms in total. The monoisotopic (exact) mass is 190 g/mol. The number of carbonyl (C=O) groups is 1. The van der Waals surface area contributed by atoms with Crippen LogP contribution in [0.1, 0.15) is 18.9 Å². The van der Waals surface area contributed by atoms with Crippen LogP contribution in [0.4, 0.5) is 0 Å². The van der Waals surface area contributed by atoms with E-state index in [0.717, 1.165) is 6.42 Å². The van der Waals surface area contributed by atoms with Crippen molar-refractivity contribution in [2.45, 2.75) is 13.3 Å². The van der Waals surface area contributed by atoms with Gasteiger partial charge in [-0.3, -0.25) is 4.79 Å². The number of hydrogen-bond donors (Lipinski definition) is 1. The molecule has 0 atom stereocenters. The molecule has 0 saturated heterocycles. The average Bonchev–Trinajstić information content (AvgIpc) is 2.20. The molecule has 75 valence electrons. The molecule has 1 rings (SSSR count). The van der Waals surface area contributed by atoms with E-state index in [-0.39, 0.29) is 5.91 Å². The lowest BCUT2D eigenvalue weighted by molar-refractivity contribution is -0.115. The fraction of sp³-hybridized carbons (Fsp3) is 0.167.